The predicted octanol–water partition coefficient (Wildman–Crippen LogP) is 4.09. The topological polar surface area (TPSA) is 228 Å². The summed E-state index contributed by atoms with van der Waals surface area (Å²) >= 11 is 0. The number of carbonyl (C=O) groups is 1. The molecule has 0 aromatic heterocycles. The minimum Gasteiger partial charge on any atom is -0.394 e. The third kappa shape index (κ3) is 21.0. The zero-order chi connectivity index (χ0) is 44.0. The van der Waals surface area contributed by atoms with Gasteiger partial charge < -0.3 is 65.1 Å². The number of rotatable bonds is 31. The van der Waals surface area contributed by atoms with Crippen LogP contribution >= 0.6 is 0 Å². The molecule has 0 aliphatic carbocycles. The van der Waals surface area contributed by atoms with E-state index in [2.05, 4.69) is 79.9 Å². The monoisotopic (exact) mass is 852 g/mol. The summed E-state index contributed by atoms with van der Waals surface area (Å²) in [6.45, 7) is 2.49. The van der Waals surface area contributed by atoms with Crippen molar-refractivity contribution < 1.29 is 64.6 Å². The molecular formula is C46H77NO13. The van der Waals surface area contributed by atoms with Gasteiger partial charge in [0.25, 0.3) is 0 Å². The van der Waals surface area contributed by atoms with Crippen molar-refractivity contribution >= 4 is 5.91 Å². The van der Waals surface area contributed by atoms with Gasteiger partial charge in [-0.15, -0.1) is 0 Å². The Labute approximate surface area is 358 Å². The van der Waals surface area contributed by atoms with Crippen LogP contribution in [0.1, 0.15) is 117 Å². The molecule has 2 fully saturated rings. The number of carbonyl (C=O) groups excluding carboxylic acids is 1. The van der Waals surface area contributed by atoms with E-state index in [9.17, 15) is 45.6 Å². The highest BCUT2D eigenvalue weighted by Crippen LogP contribution is 2.29. The number of hydrogen-bond donors (Lipinski definition) is 9. The molecule has 1 amide bonds. The minimum atomic E-state index is -1.79. The quantitative estimate of drug-likeness (QED) is 0.0354. The molecule has 14 heteroatoms. The van der Waals surface area contributed by atoms with Crippen LogP contribution in [0, 0.1) is 0 Å². The first kappa shape index (κ1) is 53.6. The van der Waals surface area contributed by atoms with Crippen LogP contribution in [0.4, 0.5) is 0 Å². The van der Waals surface area contributed by atoms with Crippen LogP contribution in [0.3, 0.4) is 0 Å². The second kappa shape index (κ2) is 33.0. The molecule has 12 unspecified atom stereocenters. The van der Waals surface area contributed by atoms with E-state index in [0.29, 0.717) is 6.42 Å². The Hall–Kier alpha value is -2.57. The first-order chi connectivity index (χ1) is 29.1. The third-order valence-electron chi connectivity index (χ3n) is 10.4. The van der Waals surface area contributed by atoms with E-state index in [1.807, 2.05) is 6.08 Å². The maximum Gasteiger partial charge on any atom is 0.220 e. The molecule has 344 valence electrons. The summed E-state index contributed by atoms with van der Waals surface area (Å²) < 4.78 is 22.5. The van der Waals surface area contributed by atoms with E-state index < -0.39 is 86.8 Å². The molecular weight excluding hydrogens is 775 g/mol. The van der Waals surface area contributed by atoms with E-state index in [1.165, 1.54) is 0 Å². The number of allylic oxidation sites excluding steroid dienone is 11. The largest absolute Gasteiger partial charge is 0.394 e. The Kier molecular flexibility index (Phi) is 29.5. The molecule has 60 heavy (non-hydrogen) atoms. The van der Waals surface area contributed by atoms with Gasteiger partial charge in [0.05, 0.1) is 32.0 Å². The Balaban J connectivity index is 1.78. The average molecular weight is 852 g/mol. The van der Waals surface area contributed by atoms with Gasteiger partial charge in [-0.2, -0.15) is 0 Å². The molecule has 0 bridgehead atoms. The summed E-state index contributed by atoms with van der Waals surface area (Å²) in [5.41, 5.74) is 0. The van der Waals surface area contributed by atoms with Crippen molar-refractivity contribution in [3.05, 3.63) is 72.9 Å². The number of aliphatic hydroxyl groups is 8. The van der Waals surface area contributed by atoms with Crippen molar-refractivity contribution in [2.75, 3.05) is 19.8 Å². The Bertz CT molecular complexity index is 1280. The highest BCUT2D eigenvalue weighted by molar-refractivity contribution is 5.76. The van der Waals surface area contributed by atoms with Gasteiger partial charge in [-0.25, -0.2) is 0 Å². The molecule has 2 saturated heterocycles. The van der Waals surface area contributed by atoms with Gasteiger partial charge in [0.15, 0.2) is 12.6 Å². The second-order valence-corrected chi connectivity index (χ2v) is 15.4. The summed E-state index contributed by atoms with van der Waals surface area (Å²) in [5.74, 6) is -0.271. The fourth-order valence-corrected chi connectivity index (χ4v) is 6.72. The lowest BCUT2D eigenvalue weighted by Gasteiger charge is -2.46. The smallest absolute Gasteiger partial charge is 0.220 e. The first-order valence-corrected chi connectivity index (χ1v) is 22.2. The number of ether oxygens (including phenoxy) is 4. The van der Waals surface area contributed by atoms with Crippen molar-refractivity contribution in [1.82, 2.24) is 5.32 Å². The number of unbranched alkanes of at least 4 members (excludes halogenated alkanes) is 8. The van der Waals surface area contributed by atoms with Crippen molar-refractivity contribution in [3.63, 3.8) is 0 Å². The molecule has 0 radical (unpaired) electrons. The minimum absolute atomic E-state index is 0.253. The molecule has 9 N–H and O–H groups in total. The number of aliphatic hydroxyl groups excluding tert-OH is 8. The summed E-state index contributed by atoms with van der Waals surface area (Å²) in [6.07, 6.45) is 22.9. The molecule has 0 aromatic rings. The molecule has 2 heterocycles. The van der Waals surface area contributed by atoms with Crippen LogP contribution in [-0.4, -0.2) is 140 Å². The van der Waals surface area contributed by atoms with Gasteiger partial charge in [0.1, 0.15) is 48.8 Å². The Morgan fingerprint density at radius 2 is 1.15 bits per heavy atom. The lowest BCUT2D eigenvalue weighted by atomic mass is 9.97. The van der Waals surface area contributed by atoms with E-state index in [4.69, 9.17) is 18.9 Å². The van der Waals surface area contributed by atoms with Crippen LogP contribution in [-0.2, 0) is 23.7 Å². The molecule has 12 atom stereocenters. The molecule has 0 aromatic carbocycles. The fraction of sp³-hybridized carbons (Fsp3) is 0.717. The van der Waals surface area contributed by atoms with E-state index in [1.54, 1.807) is 6.08 Å². The van der Waals surface area contributed by atoms with E-state index in [0.717, 1.165) is 89.9 Å². The summed E-state index contributed by atoms with van der Waals surface area (Å²) in [5, 5.41) is 85.9. The Morgan fingerprint density at radius 3 is 1.77 bits per heavy atom. The van der Waals surface area contributed by atoms with Crippen molar-refractivity contribution in [2.45, 2.75) is 190 Å². The van der Waals surface area contributed by atoms with Gasteiger partial charge in [0.2, 0.25) is 5.91 Å². The number of nitrogens with one attached hydrogen (secondary N) is 1. The molecule has 0 saturated carbocycles. The SMILES string of the molecule is CC/C=C\C/C=C\C/C=C\C/C=C\C/C=C\CCCCCCCC(=O)NC(COC1OC(CO)C(OC2OC(CO)C(O)C(O)C2O)C(O)C1O)C(O)/C=C/CCCCC. The van der Waals surface area contributed by atoms with Crippen LogP contribution in [0.25, 0.3) is 0 Å². The molecule has 2 aliphatic rings. The second-order valence-electron chi connectivity index (χ2n) is 15.4. The normalized spacial score (nSPS) is 29.0. The van der Waals surface area contributed by atoms with Crippen LogP contribution in [0.2, 0.25) is 0 Å². The molecule has 2 aliphatic heterocycles. The first-order valence-electron chi connectivity index (χ1n) is 22.2. The standard InChI is InChI=1S/C46H77NO13/c1-3-5-7-9-10-11-12-13-14-15-16-17-18-19-20-21-22-23-24-26-28-30-38(51)47-34(35(50)29-27-25-8-6-4-2)33-57-45-43(56)41(54)44(37(32-49)59-45)60-46-42(55)40(53)39(52)36(31-48)58-46/h5,7,10-11,13-14,16-17,19-20,27,29,34-37,39-46,48-50,52-56H,3-4,6,8-9,12,15,18,21-26,28,30-33H2,1-2H3,(H,47,51)/b7-5-,11-10-,14-13-,17-16-,20-19-,29-27+. The van der Waals surface area contributed by atoms with E-state index in [-0.39, 0.29) is 18.9 Å². The van der Waals surface area contributed by atoms with Crippen molar-refractivity contribution in [3.8, 4) is 0 Å². The molecule has 14 nitrogen and oxygen atoms in total. The van der Waals surface area contributed by atoms with Crippen molar-refractivity contribution in [2.24, 2.45) is 0 Å². The zero-order valence-corrected chi connectivity index (χ0v) is 35.9. The number of amides is 1. The maximum absolute atomic E-state index is 13.0. The Morgan fingerprint density at radius 1 is 0.617 bits per heavy atom. The van der Waals surface area contributed by atoms with Gasteiger partial charge in [-0.3, -0.25) is 4.79 Å². The maximum atomic E-state index is 13.0. The highest BCUT2D eigenvalue weighted by Gasteiger charge is 2.50. The fourth-order valence-electron chi connectivity index (χ4n) is 6.72. The van der Waals surface area contributed by atoms with Gasteiger partial charge in [-0.05, 0) is 64.2 Å². The van der Waals surface area contributed by atoms with Gasteiger partial charge >= 0.3 is 0 Å². The lowest BCUT2D eigenvalue weighted by Crippen LogP contribution is -2.65. The lowest BCUT2D eigenvalue weighted by molar-refractivity contribution is -0.359. The van der Waals surface area contributed by atoms with Gasteiger partial charge in [-0.1, -0.05) is 119 Å². The van der Waals surface area contributed by atoms with Crippen molar-refractivity contribution in [1.29, 1.82) is 0 Å². The summed E-state index contributed by atoms with van der Waals surface area (Å²) in [7, 11) is 0. The summed E-state index contributed by atoms with van der Waals surface area (Å²) in [4.78, 5) is 13.0. The van der Waals surface area contributed by atoms with Crippen LogP contribution in [0.5, 0.6) is 0 Å². The molecule has 0 spiro atoms. The third-order valence-corrected chi connectivity index (χ3v) is 10.4. The average Bonchev–Trinajstić information content (AvgIpc) is 3.24. The summed E-state index contributed by atoms with van der Waals surface area (Å²) in [6, 6.07) is -0.924. The molecule has 2 rings (SSSR count). The van der Waals surface area contributed by atoms with Gasteiger partial charge in [0, 0.05) is 6.42 Å². The predicted molar refractivity (Wildman–Crippen MR) is 230 cm³/mol. The number of hydrogen-bond acceptors (Lipinski definition) is 13. The zero-order valence-electron chi connectivity index (χ0n) is 35.9. The van der Waals surface area contributed by atoms with Crippen LogP contribution in [0.15, 0.2) is 72.9 Å². The van der Waals surface area contributed by atoms with Crippen LogP contribution < -0.4 is 5.32 Å². The highest BCUT2D eigenvalue weighted by atomic mass is 16.7. The van der Waals surface area contributed by atoms with E-state index >= 15 is 0 Å².